The second kappa shape index (κ2) is 5.09. The van der Waals surface area contributed by atoms with E-state index in [2.05, 4.69) is 0 Å². The average molecular weight is 363 g/mol. The van der Waals surface area contributed by atoms with Gasteiger partial charge in [-0.25, -0.2) is 0 Å². The molecule has 6 heteroatoms. The molecule has 0 aliphatic carbocycles. The van der Waals surface area contributed by atoms with E-state index in [1.807, 2.05) is 24.3 Å². The maximum atomic E-state index is 5.96. The maximum absolute atomic E-state index is 5.96. The lowest BCUT2D eigenvalue weighted by molar-refractivity contribution is 1.19. The topological polar surface area (TPSA) is 0 Å². The molecule has 0 saturated heterocycles. The van der Waals surface area contributed by atoms with E-state index in [0.29, 0.717) is 11.1 Å². The van der Waals surface area contributed by atoms with Crippen LogP contribution >= 0.6 is 69.6 Å². The van der Waals surface area contributed by atoms with Gasteiger partial charge in [-0.2, -0.15) is 0 Å². The second-order valence-electron chi connectivity index (χ2n) is 3.74. The van der Waals surface area contributed by atoms with Crippen molar-refractivity contribution in [2.75, 3.05) is 0 Å². The third kappa shape index (κ3) is 3.12. The summed E-state index contributed by atoms with van der Waals surface area (Å²) in [7, 11) is 0. The van der Waals surface area contributed by atoms with Crippen LogP contribution < -0.4 is 0 Å². The first-order chi connectivity index (χ1) is 8.19. The molecule has 0 aliphatic heterocycles. The monoisotopic (exact) mass is 360 g/mol. The quantitative estimate of drug-likeness (QED) is 0.469. The third-order valence-corrected chi connectivity index (χ3v) is 3.76. The van der Waals surface area contributed by atoms with Crippen LogP contribution in [-0.2, 0) is 7.59 Å². The standard InChI is InChI=1S/C12H6Cl6/c13-11(14,15)8-5-7-3-1-2-4-9(7)10(6-8)12(16,17)18/h1-6H. The fourth-order valence-electron chi connectivity index (χ4n) is 1.71. The van der Waals surface area contributed by atoms with Crippen LogP contribution in [0.15, 0.2) is 36.4 Å². The van der Waals surface area contributed by atoms with Gasteiger partial charge < -0.3 is 0 Å². The summed E-state index contributed by atoms with van der Waals surface area (Å²) in [5.41, 5.74) is 0.958. The van der Waals surface area contributed by atoms with Gasteiger partial charge in [0.05, 0.1) is 0 Å². The zero-order chi connectivity index (χ0) is 13.6. The molecular formula is C12H6Cl6. The van der Waals surface area contributed by atoms with Gasteiger partial charge in [0.15, 0.2) is 0 Å². The Bertz CT molecular complexity index is 579. The fraction of sp³-hybridized carbons (Fsp3) is 0.167. The van der Waals surface area contributed by atoms with Gasteiger partial charge in [0.1, 0.15) is 0 Å². The van der Waals surface area contributed by atoms with Crippen molar-refractivity contribution in [2.24, 2.45) is 0 Å². The van der Waals surface area contributed by atoms with Crippen LogP contribution in [0.5, 0.6) is 0 Å². The minimum absolute atomic E-state index is 0.465. The van der Waals surface area contributed by atoms with Gasteiger partial charge in [0.2, 0.25) is 7.59 Å². The van der Waals surface area contributed by atoms with Crippen LogP contribution in [0.3, 0.4) is 0 Å². The molecule has 0 unspecified atom stereocenters. The van der Waals surface area contributed by atoms with Crippen molar-refractivity contribution < 1.29 is 0 Å². The van der Waals surface area contributed by atoms with Gasteiger partial charge in [-0.1, -0.05) is 93.9 Å². The molecule has 96 valence electrons. The summed E-state index contributed by atoms with van der Waals surface area (Å²) in [6.45, 7) is 0. The number of halogens is 6. The molecule has 0 amide bonds. The third-order valence-electron chi connectivity index (χ3n) is 2.49. The molecule has 2 rings (SSSR count). The maximum Gasteiger partial charge on any atom is 0.216 e. The SMILES string of the molecule is ClC(Cl)(Cl)c1cc(C(Cl)(Cl)Cl)c2ccccc2c1. The van der Waals surface area contributed by atoms with Crippen LogP contribution in [0.25, 0.3) is 10.8 Å². The molecular weight excluding hydrogens is 357 g/mol. The Balaban J connectivity index is 2.81. The van der Waals surface area contributed by atoms with E-state index in [4.69, 9.17) is 69.6 Å². The summed E-state index contributed by atoms with van der Waals surface area (Å²) in [5, 5.41) is 1.66. The number of fused-ring (bicyclic) bond motifs is 1. The van der Waals surface area contributed by atoms with E-state index in [1.165, 1.54) is 0 Å². The molecule has 0 aliphatic rings. The van der Waals surface area contributed by atoms with Crippen molar-refractivity contribution in [3.63, 3.8) is 0 Å². The normalized spacial score (nSPS) is 13.0. The van der Waals surface area contributed by atoms with Crippen molar-refractivity contribution in [1.29, 1.82) is 0 Å². The predicted octanol–water partition coefficient (Wildman–Crippen LogP) is 6.49. The molecule has 2 aromatic rings. The average Bonchev–Trinajstić information content (AvgIpc) is 2.25. The first-order valence-corrected chi connectivity index (χ1v) is 7.13. The van der Waals surface area contributed by atoms with Crippen LogP contribution in [-0.4, -0.2) is 0 Å². The fourth-order valence-corrected chi connectivity index (χ4v) is 2.51. The molecule has 0 saturated carbocycles. The number of alkyl halides is 6. The van der Waals surface area contributed by atoms with E-state index >= 15 is 0 Å². The van der Waals surface area contributed by atoms with E-state index in [0.717, 1.165) is 10.8 Å². The molecule has 0 spiro atoms. The van der Waals surface area contributed by atoms with Crippen LogP contribution in [0.1, 0.15) is 11.1 Å². The predicted molar refractivity (Wildman–Crippen MR) is 82.4 cm³/mol. The lowest BCUT2D eigenvalue weighted by Crippen LogP contribution is -2.07. The molecule has 0 radical (unpaired) electrons. The van der Waals surface area contributed by atoms with Gasteiger partial charge >= 0.3 is 0 Å². The Labute approximate surface area is 135 Å². The van der Waals surface area contributed by atoms with Gasteiger partial charge in [-0.15, -0.1) is 0 Å². The zero-order valence-corrected chi connectivity index (χ0v) is 13.3. The highest BCUT2D eigenvalue weighted by Crippen LogP contribution is 2.46. The molecule has 0 N–H and O–H groups in total. The minimum atomic E-state index is -1.58. The summed E-state index contributed by atoms with van der Waals surface area (Å²) in [4.78, 5) is 0. The van der Waals surface area contributed by atoms with Gasteiger partial charge in [-0.3, -0.25) is 0 Å². The Morgan fingerprint density at radius 3 is 1.89 bits per heavy atom. The number of hydrogen-bond acceptors (Lipinski definition) is 0. The lowest BCUT2D eigenvalue weighted by Gasteiger charge is -2.19. The Hall–Kier alpha value is 0.440. The highest BCUT2D eigenvalue weighted by atomic mass is 35.6. The summed E-state index contributed by atoms with van der Waals surface area (Å²) in [6, 6.07) is 10.8. The van der Waals surface area contributed by atoms with Gasteiger partial charge in [0, 0.05) is 11.1 Å². The highest BCUT2D eigenvalue weighted by molar-refractivity contribution is 6.68. The Morgan fingerprint density at radius 1 is 0.722 bits per heavy atom. The van der Waals surface area contributed by atoms with Crippen LogP contribution in [0.4, 0.5) is 0 Å². The largest absolute Gasteiger partial charge is 0.216 e. The molecule has 0 nitrogen and oxygen atoms in total. The van der Waals surface area contributed by atoms with E-state index < -0.39 is 7.59 Å². The van der Waals surface area contributed by atoms with Gasteiger partial charge in [-0.05, 0) is 22.9 Å². The minimum Gasteiger partial charge on any atom is -0.0784 e. The second-order valence-corrected chi connectivity index (χ2v) is 8.30. The zero-order valence-electron chi connectivity index (χ0n) is 8.73. The van der Waals surface area contributed by atoms with Crippen molar-refractivity contribution >= 4 is 80.4 Å². The first-order valence-electron chi connectivity index (χ1n) is 4.87. The molecule has 0 aromatic heterocycles. The summed E-state index contributed by atoms with van der Waals surface area (Å²) in [6.07, 6.45) is 0. The summed E-state index contributed by atoms with van der Waals surface area (Å²) in [5.74, 6) is 0. The molecule has 0 heterocycles. The molecule has 0 fully saturated rings. The molecule has 2 aromatic carbocycles. The van der Waals surface area contributed by atoms with Crippen LogP contribution in [0.2, 0.25) is 0 Å². The molecule has 0 atom stereocenters. The van der Waals surface area contributed by atoms with Crippen LogP contribution in [0, 0.1) is 0 Å². The number of benzene rings is 2. The van der Waals surface area contributed by atoms with Crippen molar-refractivity contribution in [3.8, 4) is 0 Å². The molecule has 0 bridgehead atoms. The Kier molecular flexibility index (Phi) is 4.19. The lowest BCUT2D eigenvalue weighted by atomic mass is 10.0. The highest BCUT2D eigenvalue weighted by Gasteiger charge is 2.30. The van der Waals surface area contributed by atoms with Crippen molar-refractivity contribution in [2.45, 2.75) is 7.59 Å². The van der Waals surface area contributed by atoms with E-state index in [1.54, 1.807) is 12.1 Å². The van der Waals surface area contributed by atoms with Gasteiger partial charge in [0.25, 0.3) is 0 Å². The van der Waals surface area contributed by atoms with E-state index in [-0.39, 0.29) is 0 Å². The summed E-state index contributed by atoms with van der Waals surface area (Å²) >= 11 is 35.5. The smallest absolute Gasteiger partial charge is 0.0784 e. The number of rotatable bonds is 0. The van der Waals surface area contributed by atoms with Crippen molar-refractivity contribution in [1.82, 2.24) is 0 Å². The van der Waals surface area contributed by atoms with E-state index in [9.17, 15) is 0 Å². The summed E-state index contributed by atoms with van der Waals surface area (Å²) < 4.78 is -3.14. The number of hydrogen-bond donors (Lipinski definition) is 0. The Morgan fingerprint density at radius 2 is 1.33 bits per heavy atom. The molecule has 18 heavy (non-hydrogen) atoms. The van der Waals surface area contributed by atoms with Crippen molar-refractivity contribution in [3.05, 3.63) is 47.5 Å². The first kappa shape index (κ1) is 14.8.